The second-order valence-corrected chi connectivity index (χ2v) is 3.58. The van der Waals surface area contributed by atoms with E-state index < -0.39 is 0 Å². The van der Waals surface area contributed by atoms with Gasteiger partial charge in [0.15, 0.2) is 0 Å². The quantitative estimate of drug-likeness (QED) is 0.399. The molecule has 0 amide bonds. The fourth-order valence-corrected chi connectivity index (χ4v) is 1.48. The second kappa shape index (κ2) is 6.57. The van der Waals surface area contributed by atoms with Crippen LogP contribution in [0, 0.1) is 0 Å². The lowest BCUT2D eigenvalue weighted by molar-refractivity contribution is 0.502. The zero-order chi connectivity index (χ0) is 5.54. The van der Waals surface area contributed by atoms with Crippen molar-refractivity contribution in [3.63, 3.8) is 0 Å². The van der Waals surface area contributed by atoms with Crippen molar-refractivity contribution in [1.82, 2.24) is 0 Å². The molecule has 7 radical (unpaired) electrons. The minimum atomic E-state index is 0.148. The summed E-state index contributed by atoms with van der Waals surface area (Å²) in [4.78, 5) is 0. The normalized spacial score (nSPS) is 9.43. The maximum absolute atomic E-state index is 4.92. The molecule has 0 heterocycles. The molecule has 0 unspecified atom stereocenters. The Hall–Kier alpha value is 0.571. The molecule has 0 atom stereocenters. The van der Waals surface area contributed by atoms with Gasteiger partial charge in [0, 0.05) is 0 Å². The lowest BCUT2D eigenvalue weighted by atomic mass is 11.0. The molecule has 0 saturated heterocycles. The minimum absolute atomic E-state index is 0.148. The van der Waals surface area contributed by atoms with Gasteiger partial charge in [-0.1, -0.05) is 6.92 Å². The van der Waals surface area contributed by atoms with Crippen LogP contribution in [0.2, 0.25) is 6.04 Å². The third-order valence-electron chi connectivity index (χ3n) is 0.300. The molecular formula is C2H5O2Si3. The van der Waals surface area contributed by atoms with Crippen molar-refractivity contribution in [3.05, 3.63) is 0 Å². The highest BCUT2D eigenvalue weighted by molar-refractivity contribution is 6.41. The van der Waals surface area contributed by atoms with Crippen LogP contribution in [0.5, 0.6) is 0 Å². The second-order valence-electron chi connectivity index (χ2n) is 0.785. The van der Waals surface area contributed by atoms with Crippen LogP contribution in [-0.2, 0) is 8.23 Å². The molecule has 0 aromatic carbocycles. The summed E-state index contributed by atoms with van der Waals surface area (Å²) in [5.41, 5.74) is 0. The minimum Gasteiger partial charge on any atom is -0.435 e. The van der Waals surface area contributed by atoms with Crippen molar-refractivity contribution in [1.29, 1.82) is 0 Å². The van der Waals surface area contributed by atoms with Crippen molar-refractivity contribution in [2.45, 2.75) is 13.0 Å². The average Bonchev–Trinajstić information content (AvgIpc) is 1.69. The summed E-state index contributed by atoms with van der Waals surface area (Å²) in [5.74, 6) is 0. The van der Waals surface area contributed by atoms with Crippen LogP contribution in [0.15, 0.2) is 0 Å². The smallest absolute Gasteiger partial charge is 0.409 e. The molecule has 37 valence electrons. The SMILES string of the molecule is CC[Si]O[Si]O[Si]. The highest BCUT2D eigenvalue weighted by Crippen LogP contribution is 1.73. The standard InChI is InChI=1S/C2H5O2Si3/c1-2-6-4-7-3-5/h2H2,1H3. The van der Waals surface area contributed by atoms with Gasteiger partial charge in [-0.15, -0.1) is 0 Å². The van der Waals surface area contributed by atoms with Gasteiger partial charge in [0.2, 0.25) is 20.2 Å². The van der Waals surface area contributed by atoms with Crippen molar-refractivity contribution < 1.29 is 8.23 Å². The van der Waals surface area contributed by atoms with Gasteiger partial charge in [0.25, 0.3) is 0 Å². The summed E-state index contributed by atoms with van der Waals surface area (Å²) in [6.07, 6.45) is 0. The van der Waals surface area contributed by atoms with Gasteiger partial charge in [-0.25, -0.2) is 0 Å². The van der Waals surface area contributed by atoms with Gasteiger partial charge in [-0.05, 0) is 6.04 Å². The Balaban J connectivity index is 2.45. The molecule has 0 aromatic heterocycles. The van der Waals surface area contributed by atoms with Crippen molar-refractivity contribution in [3.8, 4) is 0 Å². The Morgan fingerprint density at radius 2 is 2.43 bits per heavy atom. The monoisotopic (exact) mass is 145 g/mol. The Kier molecular flexibility index (Phi) is 7.11. The zero-order valence-electron chi connectivity index (χ0n) is 4.02. The van der Waals surface area contributed by atoms with Gasteiger partial charge in [0.1, 0.15) is 0 Å². The number of rotatable bonds is 4. The third-order valence-corrected chi connectivity index (χ3v) is 1.83. The van der Waals surface area contributed by atoms with E-state index in [1.54, 1.807) is 0 Å². The van der Waals surface area contributed by atoms with Gasteiger partial charge in [-0.3, -0.25) is 0 Å². The molecule has 0 rings (SSSR count). The summed E-state index contributed by atoms with van der Waals surface area (Å²) in [6.45, 7) is 2.07. The van der Waals surface area contributed by atoms with Crippen LogP contribution >= 0.6 is 0 Å². The van der Waals surface area contributed by atoms with E-state index in [9.17, 15) is 0 Å². The highest BCUT2D eigenvalue weighted by Gasteiger charge is 1.86. The average molecular weight is 145 g/mol. The van der Waals surface area contributed by atoms with Crippen LogP contribution < -0.4 is 0 Å². The summed E-state index contributed by atoms with van der Waals surface area (Å²) >= 11 is 0. The van der Waals surface area contributed by atoms with E-state index in [2.05, 4.69) is 21.5 Å². The first-order valence-corrected chi connectivity index (χ1v) is 4.22. The molecule has 0 bridgehead atoms. The summed E-state index contributed by atoms with van der Waals surface area (Å²) in [7, 11) is 3.54. The maximum atomic E-state index is 4.92. The Morgan fingerprint density at radius 1 is 1.71 bits per heavy atom. The molecular weight excluding hydrogens is 140 g/mol. The van der Waals surface area contributed by atoms with Crippen LogP contribution in [0.4, 0.5) is 0 Å². The zero-order valence-corrected chi connectivity index (χ0v) is 7.02. The number of hydrogen-bond donors (Lipinski definition) is 0. The van der Waals surface area contributed by atoms with E-state index in [4.69, 9.17) is 4.12 Å². The first-order chi connectivity index (χ1) is 3.41. The first kappa shape index (κ1) is 7.57. The summed E-state index contributed by atoms with van der Waals surface area (Å²) in [5, 5.41) is 0. The lowest BCUT2D eigenvalue weighted by Gasteiger charge is -1.91. The molecule has 7 heavy (non-hydrogen) atoms. The van der Waals surface area contributed by atoms with E-state index in [0.29, 0.717) is 9.76 Å². The van der Waals surface area contributed by atoms with E-state index in [-0.39, 0.29) is 10.0 Å². The van der Waals surface area contributed by atoms with Crippen molar-refractivity contribution >= 4 is 30.3 Å². The highest BCUT2D eigenvalue weighted by atomic mass is 28.3. The molecule has 2 nitrogen and oxygen atoms in total. The van der Waals surface area contributed by atoms with Crippen LogP contribution in [0.3, 0.4) is 0 Å². The molecule has 0 aliphatic carbocycles. The van der Waals surface area contributed by atoms with Crippen molar-refractivity contribution in [2.75, 3.05) is 0 Å². The fourth-order valence-electron chi connectivity index (χ4n) is 0.122. The largest absolute Gasteiger partial charge is 0.435 e. The van der Waals surface area contributed by atoms with Crippen LogP contribution in [-0.4, -0.2) is 30.3 Å². The predicted molar refractivity (Wildman–Crippen MR) is 29.9 cm³/mol. The molecule has 5 heteroatoms. The van der Waals surface area contributed by atoms with Gasteiger partial charge >= 0.3 is 10.0 Å². The fraction of sp³-hybridized carbons (Fsp3) is 1.00. The summed E-state index contributed by atoms with van der Waals surface area (Å²) < 4.78 is 9.38. The third kappa shape index (κ3) is 6.57. The van der Waals surface area contributed by atoms with Crippen molar-refractivity contribution in [2.24, 2.45) is 0 Å². The molecule has 0 aliphatic heterocycles. The molecule has 0 spiro atoms. The molecule has 0 aliphatic rings. The maximum Gasteiger partial charge on any atom is 0.409 e. The topological polar surface area (TPSA) is 18.5 Å². The van der Waals surface area contributed by atoms with Gasteiger partial charge < -0.3 is 8.23 Å². The molecule has 0 saturated carbocycles. The van der Waals surface area contributed by atoms with Gasteiger partial charge in [-0.2, -0.15) is 0 Å². The predicted octanol–water partition coefficient (Wildman–Crippen LogP) is -0.305. The Bertz CT molecular complexity index is 30.1. The van der Waals surface area contributed by atoms with E-state index in [1.165, 1.54) is 0 Å². The Labute approximate surface area is 52.1 Å². The van der Waals surface area contributed by atoms with Crippen LogP contribution in [0.25, 0.3) is 0 Å². The molecule has 0 fully saturated rings. The van der Waals surface area contributed by atoms with E-state index in [0.717, 1.165) is 6.04 Å². The van der Waals surface area contributed by atoms with Crippen LogP contribution in [0.1, 0.15) is 6.92 Å². The summed E-state index contributed by atoms with van der Waals surface area (Å²) in [6, 6.07) is 1.07. The Morgan fingerprint density at radius 3 is 2.86 bits per heavy atom. The molecule has 0 aromatic rings. The first-order valence-electron chi connectivity index (χ1n) is 1.88. The molecule has 0 N–H and O–H groups in total. The van der Waals surface area contributed by atoms with Gasteiger partial charge in [0.05, 0.1) is 0 Å². The van der Waals surface area contributed by atoms with E-state index in [1.807, 2.05) is 0 Å². The number of hydrogen-bond acceptors (Lipinski definition) is 2. The van der Waals surface area contributed by atoms with E-state index >= 15 is 0 Å². The lowest BCUT2D eigenvalue weighted by Crippen LogP contribution is -2.04.